The smallest absolute Gasteiger partial charge is 0.257 e. The van der Waals surface area contributed by atoms with E-state index in [0.29, 0.717) is 36.5 Å². The summed E-state index contributed by atoms with van der Waals surface area (Å²) in [5.74, 6) is -0.110. The summed E-state index contributed by atoms with van der Waals surface area (Å²) >= 11 is 0. The topological polar surface area (TPSA) is 79.5 Å². The average molecular weight is 247 g/mol. The third-order valence-corrected chi connectivity index (χ3v) is 3.21. The van der Waals surface area contributed by atoms with Crippen LogP contribution in [0.25, 0.3) is 11.1 Å². The minimum absolute atomic E-state index is 0.110. The molecule has 1 fully saturated rings. The van der Waals surface area contributed by atoms with Gasteiger partial charge in [0.15, 0.2) is 0 Å². The summed E-state index contributed by atoms with van der Waals surface area (Å²) in [6.07, 6.45) is 1.70. The fourth-order valence-corrected chi connectivity index (χ4v) is 2.17. The predicted octanol–water partition coefficient (Wildman–Crippen LogP) is 0.738. The van der Waals surface area contributed by atoms with Crippen LogP contribution in [0.1, 0.15) is 22.5 Å². The van der Waals surface area contributed by atoms with Gasteiger partial charge in [-0.2, -0.15) is 0 Å². The summed E-state index contributed by atoms with van der Waals surface area (Å²) < 4.78 is 5.00. The van der Waals surface area contributed by atoms with Gasteiger partial charge in [-0.15, -0.1) is 0 Å². The number of aryl methyl sites for hydroxylation is 1. The monoisotopic (exact) mass is 247 g/mol. The van der Waals surface area contributed by atoms with Crippen molar-refractivity contribution in [3.8, 4) is 0 Å². The Labute approximate surface area is 103 Å². The summed E-state index contributed by atoms with van der Waals surface area (Å²) in [4.78, 5) is 17.9. The second kappa shape index (κ2) is 4.06. The molecule has 0 bridgehead atoms. The Hall–Kier alpha value is -1.95. The van der Waals surface area contributed by atoms with E-state index in [1.807, 2.05) is 0 Å². The molecule has 1 amide bonds. The first-order chi connectivity index (χ1) is 8.65. The van der Waals surface area contributed by atoms with Gasteiger partial charge in [-0.1, -0.05) is 5.16 Å². The van der Waals surface area contributed by atoms with Gasteiger partial charge < -0.3 is 14.5 Å². The SMILES string of the molecule is Cc1noc2ncc(C(=O)N3CCC(O)C3)cc12. The Kier molecular flexibility index (Phi) is 2.52. The molecule has 0 aromatic carbocycles. The van der Waals surface area contributed by atoms with Crippen LogP contribution in [0, 0.1) is 6.92 Å². The molecule has 2 aromatic heterocycles. The molecule has 1 aliphatic heterocycles. The molecule has 3 heterocycles. The van der Waals surface area contributed by atoms with Crippen molar-refractivity contribution in [3.63, 3.8) is 0 Å². The summed E-state index contributed by atoms with van der Waals surface area (Å²) in [7, 11) is 0. The third kappa shape index (κ3) is 1.74. The Morgan fingerprint density at radius 3 is 3.17 bits per heavy atom. The molecule has 1 aliphatic rings. The predicted molar refractivity (Wildman–Crippen MR) is 63.1 cm³/mol. The minimum atomic E-state index is -0.414. The molecule has 6 nitrogen and oxygen atoms in total. The molecule has 0 aliphatic carbocycles. The van der Waals surface area contributed by atoms with Crippen LogP contribution in [0.4, 0.5) is 0 Å². The maximum Gasteiger partial charge on any atom is 0.257 e. The number of hydrogen-bond donors (Lipinski definition) is 1. The number of carbonyl (C=O) groups is 1. The number of hydrogen-bond acceptors (Lipinski definition) is 5. The minimum Gasteiger partial charge on any atom is -0.391 e. The Balaban J connectivity index is 1.94. The largest absolute Gasteiger partial charge is 0.391 e. The summed E-state index contributed by atoms with van der Waals surface area (Å²) in [5, 5.41) is 14.0. The van der Waals surface area contributed by atoms with E-state index in [-0.39, 0.29) is 5.91 Å². The number of amides is 1. The highest BCUT2D eigenvalue weighted by Gasteiger charge is 2.26. The van der Waals surface area contributed by atoms with E-state index < -0.39 is 6.10 Å². The third-order valence-electron chi connectivity index (χ3n) is 3.21. The summed E-state index contributed by atoms with van der Waals surface area (Å²) in [6.45, 7) is 2.78. The number of pyridine rings is 1. The van der Waals surface area contributed by atoms with Crippen molar-refractivity contribution in [2.24, 2.45) is 0 Å². The Morgan fingerprint density at radius 1 is 1.61 bits per heavy atom. The highest BCUT2D eigenvalue weighted by atomic mass is 16.5. The van der Waals surface area contributed by atoms with Gasteiger partial charge in [0, 0.05) is 19.3 Å². The highest BCUT2D eigenvalue weighted by Crippen LogP contribution is 2.19. The number of likely N-dealkylation sites (tertiary alicyclic amines) is 1. The van der Waals surface area contributed by atoms with Crippen LogP contribution in [0.2, 0.25) is 0 Å². The maximum absolute atomic E-state index is 12.2. The lowest BCUT2D eigenvalue weighted by Gasteiger charge is -2.14. The number of β-amino-alcohol motifs (C(OH)–C–C–N with tert-alkyl or cyclic N) is 1. The average Bonchev–Trinajstić information content (AvgIpc) is 2.95. The molecule has 0 saturated carbocycles. The summed E-state index contributed by atoms with van der Waals surface area (Å²) in [5.41, 5.74) is 1.65. The van der Waals surface area contributed by atoms with Gasteiger partial charge in [-0.05, 0) is 19.4 Å². The number of nitrogens with zero attached hydrogens (tertiary/aromatic N) is 3. The van der Waals surface area contributed by atoms with Crippen molar-refractivity contribution in [3.05, 3.63) is 23.5 Å². The molecule has 1 N–H and O–H groups in total. The van der Waals surface area contributed by atoms with Crippen molar-refractivity contribution < 1.29 is 14.4 Å². The van der Waals surface area contributed by atoms with Gasteiger partial charge in [0.2, 0.25) is 0 Å². The fraction of sp³-hybridized carbons (Fsp3) is 0.417. The van der Waals surface area contributed by atoms with Crippen molar-refractivity contribution >= 4 is 17.0 Å². The van der Waals surface area contributed by atoms with E-state index >= 15 is 0 Å². The maximum atomic E-state index is 12.2. The zero-order chi connectivity index (χ0) is 12.7. The lowest BCUT2D eigenvalue weighted by Crippen LogP contribution is -2.29. The van der Waals surface area contributed by atoms with Crippen LogP contribution in [0.3, 0.4) is 0 Å². The van der Waals surface area contributed by atoms with Gasteiger partial charge in [-0.25, -0.2) is 4.98 Å². The second-order valence-electron chi connectivity index (χ2n) is 4.54. The lowest BCUT2D eigenvalue weighted by molar-refractivity contribution is 0.0765. The van der Waals surface area contributed by atoms with Gasteiger partial charge in [0.25, 0.3) is 11.6 Å². The molecule has 0 radical (unpaired) electrons. The molecule has 18 heavy (non-hydrogen) atoms. The van der Waals surface area contributed by atoms with Crippen LogP contribution in [-0.4, -0.2) is 45.2 Å². The zero-order valence-electron chi connectivity index (χ0n) is 9.96. The van der Waals surface area contributed by atoms with Crippen molar-refractivity contribution in [2.45, 2.75) is 19.4 Å². The number of carbonyl (C=O) groups excluding carboxylic acids is 1. The molecule has 1 atom stereocenters. The molecule has 0 spiro atoms. The van der Waals surface area contributed by atoms with Crippen LogP contribution >= 0.6 is 0 Å². The van der Waals surface area contributed by atoms with Crippen molar-refractivity contribution in [2.75, 3.05) is 13.1 Å². The van der Waals surface area contributed by atoms with Gasteiger partial charge in [-0.3, -0.25) is 4.79 Å². The lowest BCUT2D eigenvalue weighted by atomic mass is 10.2. The molecular weight excluding hydrogens is 234 g/mol. The zero-order valence-corrected chi connectivity index (χ0v) is 9.96. The molecular formula is C12H13N3O3. The standard InChI is InChI=1S/C12H13N3O3/c1-7-10-4-8(5-13-11(10)18-14-7)12(17)15-3-2-9(16)6-15/h4-5,9,16H,2-3,6H2,1H3. The number of fused-ring (bicyclic) bond motifs is 1. The van der Waals surface area contributed by atoms with Gasteiger partial charge in [0.05, 0.1) is 22.7 Å². The normalized spacial score (nSPS) is 19.7. The van der Waals surface area contributed by atoms with E-state index in [2.05, 4.69) is 10.1 Å². The van der Waals surface area contributed by atoms with Crippen LogP contribution in [-0.2, 0) is 0 Å². The van der Waals surface area contributed by atoms with Gasteiger partial charge in [0.1, 0.15) is 0 Å². The number of aliphatic hydroxyl groups is 1. The van der Waals surface area contributed by atoms with Crippen LogP contribution in [0.5, 0.6) is 0 Å². The van der Waals surface area contributed by atoms with E-state index in [0.717, 1.165) is 5.39 Å². The molecule has 3 rings (SSSR count). The number of rotatable bonds is 1. The van der Waals surface area contributed by atoms with E-state index in [1.165, 1.54) is 6.20 Å². The second-order valence-corrected chi connectivity index (χ2v) is 4.54. The van der Waals surface area contributed by atoms with Crippen LogP contribution in [0.15, 0.2) is 16.8 Å². The quantitative estimate of drug-likeness (QED) is 0.804. The first-order valence-electron chi connectivity index (χ1n) is 5.84. The number of aliphatic hydroxyl groups excluding tert-OH is 1. The molecule has 6 heteroatoms. The van der Waals surface area contributed by atoms with Gasteiger partial charge >= 0.3 is 0 Å². The highest BCUT2D eigenvalue weighted by molar-refractivity contribution is 5.97. The number of aromatic nitrogens is 2. The first kappa shape index (κ1) is 11.2. The molecule has 1 unspecified atom stereocenters. The van der Waals surface area contributed by atoms with E-state index in [1.54, 1.807) is 17.9 Å². The molecule has 2 aromatic rings. The van der Waals surface area contributed by atoms with E-state index in [4.69, 9.17) is 4.52 Å². The van der Waals surface area contributed by atoms with Crippen molar-refractivity contribution in [1.29, 1.82) is 0 Å². The van der Waals surface area contributed by atoms with E-state index in [9.17, 15) is 9.90 Å². The molecule has 94 valence electrons. The fourth-order valence-electron chi connectivity index (χ4n) is 2.17. The Morgan fingerprint density at radius 2 is 2.44 bits per heavy atom. The Bertz CT molecular complexity index is 608. The first-order valence-corrected chi connectivity index (χ1v) is 5.84. The van der Waals surface area contributed by atoms with Crippen molar-refractivity contribution in [1.82, 2.24) is 15.0 Å². The molecule has 1 saturated heterocycles. The summed E-state index contributed by atoms with van der Waals surface area (Å²) in [6, 6.07) is 1.74. The van der Waals surface area contributed by atoms with Crippen LogP contribution < -0.4 is 0 Å².